The second-order valence-electron chi connectivity index (χ2n) is 5.13. The van der Waals surface area contributed by atoms with Gasteiger partial charge in [0, 0.05) is 24.7 Å². The number of piperidine rings is 1. The molecule has 1 aromatic rings. The average Bonchev–Trinajstić information content (AvgIpc) is 2.48. The molecule has 0 spiro atoms. The second kappa shape index (κ2) is 6.75. The number of carbonyl (C=O) groups excluding carboxylic acids is 2. The van der Waals surface area contributed by atoms with Crippen molar-refractivity contribution in [3.63, 3.8) is 0 Å². The maximum absolute atomic E-state index is 12.3. The number of alkyl halides is 1. The highest BCUT2D eigenvalue weighted by molar-refractivity contribution is 6.27. The molecule has 4 nitrogen and oxygen atoms in total. The van der Waals surface area contributed by atoms with Gasteiger partial charge in [-0.2, -0.15) is 0 Å². The Morgan fingerprint density at radius 2 is 1.85 bits per heavy atom. The van der Waals surface area contributed by atoms with E-state index >= 15 is 0 Å². The molecule has 108 valence electrons. The number of hydrogen-bond acceptors (Lipinski definition) is 2. The molecule has 0 bridgehead atoms. The Bertz CT molecular complexity index is 479. The van der Waals surface area contributed by atoms with Gasteiger partial charge in [0.05, 0.1) is 0 Å². The number of hydrogen-bond donors (Lipinski definition) is 1. The molecule has 1 aliphatic heterocycles. The van der Waals surface area contributed by atoms with Crippen molar-refractivity contribution in [3.05, 3.63) is 35.4 Å². The molecule has 0 aliphatic carbocycles. The molecule has 2 rings (SSSR count). The average molecular weight is 295 g/mol. The maximum Gasteiger partial charge on any atom is 0.253 e. The number of rotatable bonds is 3. The first-order valence-corrected chi connectivity index (χ1v) is 7.35. The predicted octanol–water partition coefficient (Wildman–Crippen LogP) is 1.95. The van der Waals surface area contributed by atoms with Gasteiger partial charge in [0.2, 0.25) is 5.91 Å². The largest absolute Gasteiger partial charge is 0.352 e. The van der Waals surface area contributed by atoms with Crippen LogP contribution in [-0.2, 0) is 4.79 Å². The quantitative estimate of drug-likeness (QED) is 0.866. The van der Waals surface area contributed by atoms with Gasteiger partial charge in [-0.15, -0.1) is 11.6 Å². The lowest BCUT2D eigenvalue weighted by Crippen LogP contribution is -2.46. The number of carbonyl (C=O) groups is 2. The summed E-state index contributed by atoms with van der Waals surface area (Å²) >= 11 is 5.47. The van der Waals surface area contributed by atoms with Gasteiger partial charge in [0.25, 0.3) is 5.91 Å². The van der Waals surface area contributed by atoms with Crippen molar-refractivity contribution in [2.75, 3.05) is 19.0 Å². The van der Waals surface area contributed by atoms with Crippen LogP contribution in [-0.4, -0.2) is 41.7 Å². The smallest absolute Gasteiger partial charge is 0.253 e. The Morgan fingerprint density at radius 3 is 2.40 bits per heavy atom. The van der Waals surface area contributed by atoms with Crippen LogP contribution in [0.15, 0.2) is 24.3 Å². The molecule has 0 radical (unpaired) electrons. The van der Waals surface area contributed by atoms with Crippen LogP contribution in [0, 0.1) is 6.92 Å². The molecule has 1 saturated heterocycles. The van der Waals surface area contributed by atoms with Crippen molar-refractivity contribution >= 4 is 23.4 Å². The van der Waals surface area contributed by atoms with Gasteiger partial charge in [0.15, 0.2) is 0 Å². The van der Waals surface area contributed by atoms with Crippen molar-refractivity contribution in [1.29, 1.82) is 0 Å². The van der Waals surface area contributed by atoms with Crippen LogP contribution < -0.4 is 5.32 Å². The number of likely N-dealkylation sites (tertiary alicyclic amines) is 1. The van der Waals surface area contributed by atoms with E-state index < -0.39 is 0 Å². The fourth-order valence-corrected chi connectivity index (χ4v) is 2.45. The van der Waals surface area contributed by atoms with Crippen molar-refractivity contribution in [2.24, 2.45) is 0 Å². The van der Waals surface area contributed by atoms with E-state index in [-0.39, 0.29) is 23.7 Å². The molecule has 0 saturated carbocycles. The first-order valence-electron chi connectivity index (χ1n) is 6.81. The molecule has 0 aromatic heterocycles. The molecule has 1 heterocycles. The normalized spacial score (nSPS) is 16.0. The van der Waals surface area contributed by atoms with E-state index in [0.717, 1.165) is 24.0 Å². The van der Waals surface area contributed by atoms with Gasteiger partial charge in [0.1, 0.15) is 5.88 Å². The van der Waals surface area contributed by atoms with Gasteiger partial charge >= 0.3 is 0 Å². The maximum atomic E-state index is 12.3. The molecule has 1 aliphatic rings. The molecule has 20 heavy (non-hydrogen) atoms. The Balaban J connectivity index is 1.88. The lowest BCUT2D eigenvalue weighted by Gasteiger charge is -2.32. The van der Waals surface area contributed by atoms with Gasteiger partial charge in [-0.25, -0.2) is 0 Å². The Hall–Kier alpha value is -1.55. The highest BCUT2D eigenvalue weighted by Crippen LogP contribution is 2.14. The third-order valence-electron chi connectivity index (χ3n) is 3.57. The zero-order valence-electron chi connectivity index (χ0n) is 11.6. The first-order chi connectivity index (χ1) is 9.60. The highest BCUT2D eigenvalue weighted by Gasteiger charge is 2.24. The van der Waals surface area contributed by atoms with Crippen LogP contribution in [0.3, 0.4) is 0 Å². The molecule has 1 N–H and O–H groups in total. The minimum absolute atomic E-state index is 0.0114. The third-order valence-corrected chi connectivity index (χ3v) is 3.81. The number of benzene rings is 1. The van der Waals surface area contributed by atoms with E-state index in [1.807, 2.05) is 36.1 Å². The molecule has 0 atom stereocenters. The minimum Gasteiger partial charge on any atom is -0.352 e. The van der Waals surface area contributed by atoms with Crippen LogP contribution in [0.4, 0.5) is 0 Å². The van der Waals surface area contributed by atoms with Crippen molar-refractivity contribution in [3.8, 4) is 0 Å². The number of nitrogens with one attached hydrogen (secondary N) is 1. The fourth-order valence-electron chi connectivity index (χ4n) is 2.37. The summed E-state index contributed by atoms with van der Waals surface area (Å²) < 4.78 is 0. The number of aryl methyl sites for hydroxylation is 1. The summed E-state index contributed by atoms with van der Waals surface area (Å²) in [4.78, 5) is 25.4. The van der Waals surface area contributed by atoms with Crippen LogP contribution in [0.1, 0.15) is 28.8 Å². The summed E-state index contributed by atoms with van der Waals surface area (Å²) in [7, 11) is 0. The Kier molecular flexibility index (Phi) is 5.01. The van der Waals surface area contributed by atoms with Gasteiger partial charge < -0.3 is 10.2 Å². The van der Waals surface area contributed by atoms with Gasteiger partial charge in [-0.3, -0.25) is 9.59 Å². The second-order valence-corrected chi connectivity index (χ2v) is 5.40. The zero-order chi connectivity index (χ0) is 14.5. The molecular formula is C15H19ClN2O2. The predicted molar refractivity (Wildman–Crippen MR) is 79.0 cm³/mol. The Morgan fingerprint density at radius 1 is 1.25 bits per heavy atom. The molecule has 1 aromatic carbocycles. The SMILES string of the molecule is Cc1ccc(C(=O)N2CCC(NC(=O)CCl)CC2)cc1. The Labute approximate surface area is 124 Å². The van der Waals surface area contributed by atoms with Crippen LogP contribution in [0.5, 0.6) is 0 Å². The van der Waals surface area contributed by atoms with Crippen LogP contribution in [0.2, 0.25) is 0 Å². The molecule has 1 fully saturated rings. The van der Waals surface area contributed by atoms with Gasteiger partial charge in [-0.05, 0) is 31.9 Å². The summed E-state index contributed by atoms with van der Waals surface area (Å²) in [5, 5.41) is 2.87. The summed E-state index contributed by atoms with van der Waals surface area (Å²) in [5.41, 5.74) is 1.86. The van der Waals surface area contributed by atoms with E-state index in [0.29, 0.717) is 13.1 Å². The number of nitrogens with zero attached hydrogens (tertiary/aromatic N) is 1. The lowest BCUT2D eigenvalue weighted by molar-refractivity contribution is -0.119. The third kappa shape index (κ3) is 3.73. The number of halogens is 1. The van der Waals surface area contributed by atoms with Crippen molar-refractivity contribution in [2.45, 2.75) is 25.8 Å². The fraction of sp³-hybridized carbons (Fsp3) is 0.467. The minimum atomic E-state index is -0.144. The topological polar surface area (TPSA) is 49.4 Å². The van der Waals surface area contributed by atoms with E-state index in [1.165, 1.54) is 0 Å². The monoisotopic (exact) mass is 294 g/mol. The molecule has 0 unspecified atom stereocenters. The van der Waals surface area contributed by atoms with E-state index in [4.69, 9.17) is 11.6 Å². The summed E-state index contributed by atoms with van der Waals surface area (Å²) in [6, 6.07) is 7.74. The highest BCUT2D eigenvalue weighted by atomic mass is 35.5. The first kappa shape index (κ1) is 14.9. The molecule has 5 heteroatoms. The summed E-state index contributed by atoms with van der Waals surface area (Å²) in [6.07, 6.45) is 1.56. The van der Waals surface area contributed by atoms with Crippen molar-refractivity contribution < 1.29 is 9.59 Å². The van der Waals surface area contributed by atoms with Crippen LogP contribution >= 0.6 is 11.6 Å². The van der Waals surface area contributed by atoms with Crippen LogP contribution in [0.25, 0.3) is 0 Å². The van der Waals surface area contributed by atoms with E-state index in [2.05, 4.69) is 5.32 Å². The lowest BCUT2D eigenvalue weighted by atomic mass is 10.0. The standard InChI is InChI=1S/C15H19ClN2O2/c1-11-2-4-12(5-3-11)15(20)18-8-6-13(7-9-18)17-14(19)10-16/h2-5,13H,6-10H2,1H3,(H,17,19). The molecule has 2 amide bonds. The van der Waals surface area contributed by atoms with Crippen molar-refractivity contribution in [1.82, 2.24) is 10.2 Å². The summed E-state index contributed by atoms with van der Waals surface area (Å²) in [5.74, 6) is -0.0928. The van der Waals surface area contributed by atoms with E-state index in [9.17, 15) is 9.59 Å². The summed E-state index contributed by atoms with van der Waals surface area (Å²) in [6.45, 7) is 3.33. The van der Waals surface area contributed by atoms with E-state index in [1.54, 1.807) is 0 Å². The molecular weight excluding hydrogens is 276 g/mol. The zero-order valence-corrected chi connectivity index (χ0v) is 12.3. The number of amides is 2. The van der Waals surface area contributed by atoms with Gasteiger partial charge in [-0.1, -0.05) is 17.7 Å².